The molecule has 7 amide bonds. The Morgan fingerprint density at radius 3 is 2.02 bits per heavy atom. The molecule has 63 heavy (non-hydrogen) atoms. The summed E-state index contributed by atoms with van der Waals surface area (Å²) in [4.78, 5) is 96.9. The lowest BCUT2D eigenvalue weighted by atomic mass is 10.0. The van der Waals surface area contributed by atoms with Gasteiger partial charge in [-0.05, 0) is 75.9 Å². The number of nitrogens with zero attached hydrogens (tertiary/aromatic N) is 2. The molecule has 3 aromatic carbocycles. The second kappa shape index (κ2) is 22.5. The van der Waals surface area contributed by atoms with E-state index in [9.17, 15) is 33.6 Å². The lowest BCUT2D eigenvalue weighted by Crippen LogP contribution is -2.57. The molecule has 0 aromatic heterocycles. The van der Waals surface area contributed by atoms with E-state index in [1.165, 1.54) is 11.8 Å². The summed E-state index contributed by atoms with van der Waals surface area (Å²) in [5.41, 5.74) is 5.24. The fourth-order valence-corrected chi connectivity index (χ4v) is 6.65. The van der Waals surface area contributed by atoms with Gasteiger partial charge < -0.3 is 40.8 Å². The molecule has 18 heteroatoms. The Labute approximate surface area is 367 Å². The number of hydrogen-bond acceptors (Lipinski definition) is 11. The molecule has 0 spiro atoms. The van der Waals surface area contributed by atoms with Gasteiger partial charge in [0.1, 0.15) is 29.3 Å². The van der Waals surface area contributed by atoms with Crippen molar-refractivity contribution in [2.75, 3.05) is 19.6 Å². The number of nitrogens with two attached hydrogens (primary N) is 1. The third kappa shape index (κ3) is 17.0. The Morgan fingerprint density at radius 2 is 1.41 bits per heavy atom. The summed E-state index contributed by atoms with van der Waals surface area (Å²) in [5.74, 6) is -3.30. The number of nitrogens with one attached hydrogen (secondary N) is 5. The minimum absolute atomic E-state index is 0.00434. The Morgan fingerprint density at radius 1 is 0.794 bits per heavy atom. The van der Waals surface area contributed by atoms with Crippen molar-refractivity contribution < 1.29 is 47.8 Å². The minimum Gasteiger partial charge on any atom is -0.444 e. The van der Waals surface area contributed by atoms with Crippen molar-refractivity contribution in [1.82, 2.24) is 31.5 Å². The lowest BCUT2D eigenvalue weighted by Gasteiger charge is -2.30. The fourth-order valence-electron chi connectivity index (χ4n) is 6.65. The fraction of sp³-hybridized carbons (Fsp3) is 0.467. The van der Waals surface area contributed by atoms with Gasteiger partial charge in [-0.25, -0.2) is 9.59 Å². The third-order valence-corrected chi connectivity index (χ3v) is 9.34. The van der Waals surface area contributed by atoms with Gasteiger partial charge in [0, 0.05) is 39.3 Å². The number of amides is 7. The number of carbonyl (C=O) groups is 7. The van der Waals surface area contributed by atoms with Crippen LogP contribution in [0, 0.1) is 0 Å². The highest BCUT2D eigenvalue weighted by Gasteiger charge is 2.43. The van der Waals surface area contributed by atoms with Crippen LogP contribution in [0.15, 0.2) is 77.8 Å². The highest BCUT2D eigenvalue weighted by Crippen LogP contribution is 2.25. The molecule has 0 unspecified atom stereocenters. The second-order valence-electron chi connectivity index (χ2n) is 17.1. The molecule has 0 bridgehead atoms. The number of benzene rings is 3. The molecule has 18 nitrogen and oxygen atoms in total. The summed E-state index contributed by atoms with van der Waals surface area (Å²) < 4.78 is 16.9. The third-order valence-electron chi connectivity index (χ3n) is 9.34. The van der Waals surface area contributed by atoms with E-state index in [1.54, 1.807) is 65.8 Å². The number of guanidine groups is 1. The summed E-state index contributed by atoms with van der Waals surface area (Å²) >= 11 is 0. The first-order valence-corrected chi connectivity index (χ1v) is 20.8. The van der Waals surface area contributed by atoms with Crippen molar-refractivity contribution in [1.29, 1.82) is 0 Å². The van der Waals surface area contributed by atoms with E-state index in [4.69, 9.17) is 19.9 Å². The van der Waals surface area contributed by atoms with Crippen molar-refractivity contribution in [2.24, 2.45) is 10.7 Å². The molecular formula is C45H60N8O10. The second-order valence-corrected chi connectivity index (χ2v) is 17.1. The summed E-state index contributed by atoms with van der Waals surface area (Å²) in [6.45, 7) is 11.2. The highest BCUT2D eigenvalue weighted by molar-refractivity contribution is 6.01. The van der Waals surface area contributed by atoms with Crippen molar-refractivity contribution in [3.8, 4) is 0 Å². The zero-order valence-electron chi connectivity index (χ0n) is 36.9. The van der Waals surface area contributed by atoms with Crippen LogP contribution in [-0.2, 0) is 51.2 Å². The molecule has 3 aromatic rings. The number of primary amides is 1. The molecule has 4 atom stereocenters. The van der Waals surface area contributed by atoms with Gasteiger partial charge in [-0.2, -0.15) is 0 Å². The number of fused-ring (bicyclic) bond motifs is 1. The Balaban J connectivity index is 1.58. The molecule has 0 saturated carbocycles. The van der Waals surface area contributed by atoms with Gasteiger partial charge >= 0.3 is 12.2 Å². The molecule has 0 aliphatic carbocycles. The maximum absolute atomic E-state index is 14.7. The summed E-state index contributed by atoms with van der Waals surface area (Å²) in [6.07, 6.45) is -2.51. The summed E-state index contributed by atoms with van der Waals surface area (Å²) in [5, 5.41) is 15.0. The van der Waals surface area contributed by atoms with Gasteiger partial charge in [0.2, 0.25) is 35.5 Å². The molecule has 1 aliphatic rings. The van der Waals surface area contributed by atoms with Crippen molar-refractivity contribution in [2.45, 2.75) is 116 Å². The SMILES string of the molecule is CC(=O)N[C@H](CCC(N)=O)C(=O)N[C@H](Cc1ccccc1)C(=O)N1C[C@H](OCc2ccc3ccccc3c2)C[C@@H]1C(=O)NCCN=C(NC(=O)OC(C)(C)C)NC(=O)OC(C)(C)C. The predicted molar refractivity (Wildman–Crippen MR) is 235 cm³/mol. The molecule has 1 saturated heterocycles. The maximum atomic E-state index is 14.7. The molecule has 340 valence electrons. The number of likely N-dealkylation sites (tertiary alicyclic amines) is 1. The van der Waals surface area contributed by atoms with Crippen LogP contribution in [-0.4, -0.2) is 108 Å². The Bertz CT molecular complexity index is 2100. The van der Waals surface area contributed by atoms with E-state index in [-0.39, 0.29) is 57.9 Å². The Hall–Kier alpha value is -6.56. The molecule has 0 radical (unpaired) electrons. The van der Waals surface area contributed by atoms with Gasteiger partial charge in [-0.1, -0.05) is 66.7 Å². The molecule has 1 fully saturated rings. The molecule has 4 rings (SSSR count). The zero-order chi connectivity index (χ0) is 46.3. The van der Waals surface area contributed by atoms with E-state index in [1.807, 2.05) is 48.5 Å². The Kier molecular flexibility index (Phi) is 17.5. The van der Waals surface area contributed by atoms with Gasteiger partial charge in [0.05, 0.1) is 19.3 Å². The first-order chi connectivity index (χ1) is 29.7. The highest BCUT2D eigenvalue weighted by atomic mass is 16.6. The van der Waals surface area contributed by atoms with Crippen LogP contribution in [0.25, 0.3) is 10.8 Å². The molecule has 7 N–H and O–H groups in total. The quantitative estimate of drug-likeness (QED) is 0.0696. The van der Waals surface area contributed by atoms with E-state index in [0.717, 1.165) is 16.3 Å². The maximum Gasteiger partial charge on any atom is 0.414 e. The molecule has 1 heterocycles. The number of alkyl carbamates (subject to hydrolysis) is 2. The predicted octanol–water partition coefficient (Wildman–Crippen LogP) is 3.35. The lowest BCUT2D eigenvalue weighted by molar-refractivity contribution is -0.142. The van der Waals surface area contributed by atoms with Crippen molar-refractivity contribution in [3.05, 3.63) is 83.9 Å². The minimum atomic E-state index is -1.20. The largest absolute Gasteiger partial charge is 0.444 e. The van der Waals surface area contributed by atoms with Crippen LogP contribution < -0.4 is 32.3 Å². The van der Waals surface area contributed by atoms with Crippen LogP contribution in [0.1, 0.15) is 78.9 Å². The molecule has 1 aliphatic heterocycles. The van der Waals surface area contributed by atoms with E-state index in [2.05, 4.69) is 31.6 Å². The number of carbonyl (C=O) groups excluding carboxylic acids is 7. The van der Waals surface area contributed by atoms with E-state index >= 15 is 0 Å². The van der Waals surface area contributed by atoms with Crippen molar-refractivity contribution in [3.63, 3.8) is 0 Å². The first kappa shape index (κ1) is 49.1. The van der Waals surface area contributed by atoms with Gasteiger partial charge in [0.25, 0.3) is 0 Å². The van der Waals surface area contributed by atoms with E-state index in [0.29, 0.717) is 5.56 Å². The zero-order valence-corrected chi connectivity index (χ0v) is 36.9. The van der Waals surface area contributed by atoms with Crippen LogP contribution in [0.4, 0.5) is 9.59 Å². The average molecular weight is 873 g/mol. The smallest absolute Gasteiger partial charge is 0.414 e. The van der Waals surface area contributed by atoms with Crippen molar-refractivity contribution >= 4 is 58.5 Å². The standard InChI is InChI=1S/C45H60N8O10/c1-28(54)49-34(19-20-37(46)55)38(56)50-35(24-29-13-9-8-10-14-29)40(58)53-26-33(61-27-30-17-18-31-15-11-12-16-32(31)23-30)25-36(53)39(57)47-21-22-48-41(51-42(59)62-44(2,3)4)52-43(60)63-45(5,6)7/h8-18,23,33-36H,19-22,24-27H2,1-7H3,(H2,46,55)(H,47,57)(H,49,54)(H,50,56)(H2,48,51,52,59,60)/t33-,34-,35-,36-/m1/s1. The van der Waals surface area contributed by atoms with Gasteiger partial charge in [-0.3, -0.25) is 39.6 Å². The number of aliphatic imine (C=N–C) groups is 1. The monoisotopic (exact) mass is 872 g/mol. The van der Waals surface area contributed by atoms with Crippen LogP contribution in [0.2, 0.25) is 0 Å². The van der Waals surface area contributed by atoms with Gasteiger partial charge in [-0.15, -0.1) is 0 Å². The number of ether oxygens (including phenoxy) is 3. The summed E-state index contributed by atoms with van der Waals surface area (Å²) in [6, 6.07) is 19.4. The number of hydrogen-bond donors (Lipinski definition) is 6. The number of rotatable bonds is 16. The van der Waals surface area contributed by atoms with Crippen LogP contribution in [0.3, 0.4) is 0 Å². The van der Waals surface area contributed by atoms with E-state index < -0.39 is 77.2 Å². The average Bonchev–Trinajstić information content (AvgIpc) is 3.62. The molecular weight excluding hydrogens is 813 g/mol. The van der Waals surface area contributed by atoms with Gasteiger partial charge in [0.15, 0.2) is 0 Å². The normalized spacial score (nSPS) is 15.9. The topological polar surface area (TPSA) is 249 Å². The first-order valence-electron chi connectivity index (χ1n) is 20.8. The summed E-state index contributed by atoms with van der Waals surface area (Å²) in [7, 11) is 0. The van der Waals surface area contributed by atoms with Crippen LogP contribution >= 0.6 is 0 Å². The van der Waals surface area contributed by atoms with Crippen LogP contribution in [0.5, 0.6) is 0 Å².